The molecule has 0 amide bonds. The standard InChI is InChI=1S/C13H22O2/c1-10(2)13(14)15-11(3)9-12-7-5-4-6-8-12/h11-12H,1,4-9H2,2-3H3. The van der Waals surface area contributed by atoms with Gasteiger partial charge in [0.05, 0.1) is 6.10 Å². The molecule has 0 aromatic carbocycles. The molecular formula is C13H22O2. The first-order valence-electron chi connectivity index (χ1n) is 5.96. The summed E-state index contributed by atoms with van der Waals surface area (Å²) in [5, 5.41) is 0. The van der Waals surface area contributed by atoms with Gasteiger partial charge in [-0.1, -0.05) is 38.7 Å². The molecule has 0 N–H and O–H groups in total. The van der Waals surface area contributed by atoms with Crippen molar-refractivity contribution in [3.8, 4) is 0 Å². The minimum Gasteiger partial charge on any atom is -0.459 e. The van der Waals surface area contributed by atoms with Gasteiger partial charge in [0, 0.05) is 5.57 Å². The molecule has 0 aliphatic heterocycles. The Morgan fingerprint density at radius 3 is 2.53 bits per heavy atom. The average molecular weight is 210 g/mol. The van der Waals surface area contributed by atoms with Crippen molar-refractivity contribution in [2.24, 2.45) is 5.92 Å². The zero-order valence-corrected chi connectivity index (χ0v) is 9.92. The number of esters is 1. The van der Waals surface area contributed by atoms with Gasteiger partial charge >= 0.3 is 5.97 Å². The zero-order chi connectivity index (χ0) is 11.3. The third-order valence-electron chi connectivity index (χ3n) is 3.05. The fourth-order valence-electron chi connectivity index (χ4n) is 2.22. The van der Waals surface area contributed by atoms with Crippen LogP contribution in [0.1, 0.15) is 52.4 Å². The molecule has 1 aliphatic carbocycles. The van der Waals surface area contributed by atoms with E-state index in [2.05, 4.69) is 6.58 Å². The van der Waals surface area contributed by atoms with E-state index >= 15 is 0 Å². The molecule has 1 saturated carbocycles. The van der Waals surface area contributed by atoms with E-state index in [9.17, 15) is 4.79 Å². The van der Waals surface area contributed by atoms with Crippen LogP contribution in [0.15, 0.2) is 12.2 Å². The minimum absolute atomic E-state index is 0.0392. The molecule has 0 saturated heterocycles. The Bertz CT molecular complexity index is 227. The quantitative estimate of drug-likeness (QED) is 0.524. The molecule has 86 valence electrons. The zero-order valence-electron chi connectivity index (χ0n) is 9.92. The van der Waals surface area contributed by atoms with Crippen LogP contribution in [0, 0.1) is 5.92 Å². The summed E-state index contributed by atoms with van der Waals surface area (Å²) in [6.45, 7) is 7.25. The molecule has 1 atom stereocenters. The van der Waals surface area contributed by atoms with Crippen molar-refractivity contribution >= 4 is 5.97 Å². The van der Waals surface area contributed by atoms with Crippen LogP contribution >= 0.6 is 0 Å². The highest BCUT2D eigenvalue weighted by atomic mass is 16.5. The van der Waals surface area contributed by atoms with Gasteiger partial charge in [-0.15, -0.1) is 0 Å². The highest BCUT2D eigenvalue weighted by Gasteiger charge is 2.18. The molecule has 0 radical (unpaired) electrons. The molecule has 0 spiro atoms. The minimum atomic E-state index is -0.252. The van der Waals surface area contributed by atoms with Crippen LogP contribution in [-0.4, -0.2) is 12.1 Å². The van der Waals surface area contributed by atoms with Crippen LogP contribution in [0.3, 0.4) is 0 Å². The third-order valence-corrected chi connectivity index (χ3v) is 3.05. The van der Waals surface area contributed by atoms with Gasteiger partial charge in [-0.2, -0.15) is 0 Å². The van der Waals surface area contributed by atoms with Crippen LogP contribution in [0.5, 0.6) is 0 Å². The number of hydrogen-bond donors (Lipinski definition) is 0. The maximum Gasteiger partial charge on any atom is 0.333 e. The second-order valence-corrected chi connectivity index (χ2v) is 4.74. The first kappa shape index (κ1) is 12.3. The predicted octanol–water partition coefficient (Wildman–Crippen LogP) is 3.46. The lowest BCUT2D eigenvalue weighted by atomic mass is 9.86. The molecule has 0 aromatic rings. The maximum atomic E-state index is 11.3. The van der Waals surface area contributed by atoms with E-state index in [1.165, 1.54) is 32.1 Å². The van der Waals surface area contributed by atoms with Crippen molar-refractivity contribution in [2.45, 2.75) is 58.5 Å². The lowest BCUT2D eigenvalue weighted by Crippen LogP contribution is -2.20. The topological polar surface area (TPSA) is 26.3 Å². The molecule has 1 unspecified atom stereocenters. The Morgan fingerprint density at radius 1 is 1.40 bits per heavy atom. The van der Waals surface area contributed by atoms with E-state index in [0.29, 0.717) is 5.57 Å². The van der Waals surface area contributed by atoms with Crippen LogP contribution in [-0.2, 0) is 9.53 Å². The van der Waals surface area contributed by atoms with Gasteiger partial charge in [0.2, 0.25) is 0 Å². The first-order valence-corrected chi connectivity index (χ1v) is 5.96. The lowest BCUT2D eigenvalue weighted by Gasteiger charge is -2.24. The van der Waals surface area contributed by atoms with E-state index in [4.69, 9.17) is 4.74 Å². The lowest BCUT2D eigenvalue weighted by molar-refractivity contribution is -0.144. The number of carbonyl (C=O) groups excluding carboxylic acids is 1. The second-order valence-electron chi connectivity index (χ2n) is 4.74. The Labute approximate surface area is 92.7 Å². The molecule has 1 fully saturated rings. The number of hydrogen-bond acceptors (Lipinski definition) is 2. The van der Waals surface area contributed by atoms with Gasteiger partial charge in [0.25, 0.3) is 0 Å². The summed E-state index contributed by atoms with van der Waals surface area (Å²) >= 11 is 0. The Hall–Kier alpha value is -0.790. The molecule has 0 heterocycles. The van der Waals surface area contributed by atoms with Crippen molar-refractivity contribution in [3.05, 3.63) is 12.2 Å². The summed E-state index contributed by atoms with van der Waals surface area (Å²) < 4.78 is 5.28. The highest BCUT2D eigenvalue weighted by molar-refractivity contribution is 5.87. The van der Waals surface area contributed by atoms with Crippen LogP contribution in [0.2, 0.25) is 0 Å². The van der Waals surface area contributed by atoms with E-state index in [-0.39, 0.29) is 12.1 Å². The van der Waals surface area contributed by atoms with Crippen LogP contribution in [0.25, 0.3) is 0 Å². The van der Waals surface area contributed by atoms with Gasteiger partial charge < -0.3 is 4.74 Å². The highest BCUT2D eigenvalue weighted by Crippen LogP contribution is 2.28. The first-order chi connectivity index (χ1) is 7.09. The largest absolute Gasteiger partial charge is 0.459 e. The summed E-state index contributed by atoms with van der Waals surface area (Å²) in [5.41, 5.74) is 0.491. The SMILES string of the molecule is C=C(C)C(=O)OC(C)CC1CCCCC1. The van der Waals surface area contributed by atoms with Crippen molar-refractivity contribution < 1.29 is 9.53 Å². The molecule has 2 heteroatoms. The van der Waals surface area contributed by atoms with Gasteiger partial charge in [-0.05, 0) is 26.2 Å². The molecular weight excluding hydrogens is 188 g/mol. The normalized spacial score (nSPS) is 19.6. The Balaban J connectivity index is 2.25. The average Bonchev–Trinajstić information content (AvgIpc) is 2.18. The van der Waals surface area contributed by atoms with Crippen molar-refractivity contribution in [3.63, 3.8) is 0 Å². The Morgan fingerprint density at radius 2 is 2.00 bits per heavy atom. The number of rotatable bonds is 4. The summed E-state index contributed by atoms with van der Waals surface area (Å²) in [6.07, 6.45) is 7.70. The van der Waals surface area contributed by atoms with Gasteiger partial charge in [-0.25, -0.2) is 4.79 Å². The summed E-state index contributed by atoms with van der Waals surface area (Å²) in [6, 6.07) is 0. The smallest absolute Gasteiger partial charge is 0.333 e. The predicted molar refractivity (Wildman–Crippen MR) is 61.6 cm³/mol. The van der Waals surface area contributed by atoms with Crippen molar-refractivity contribution in [1.29, 1.82) is 0 Å². The molecule has 2 nitrogen and oxygen atoms in total. The molecule has 15 heavy (non-hydrogen) atoms. The molecule has 0 aromatic heterocycles. The number of carbonyl (C=O) groups is 1. The fourth-order valence-corrected chi connectivity index (χ4v) is 2.22. The molecule has 1 aliphatic rings. The third kappa shape index (κ3) is 4.50. The maximum absolute atomic E-state index is 11.3. The van der Waals surface area contributed by atoms with Crippen LogP contribution in [0.4, 0.5) is 0 Å². The van der Waals surface area contributed by atoms with Gasteiger partial charge in [0.1, 0.15) is 0 Å². The van der Waals surface area contributed by atoms with Crippen molar-refractivity contribution in [1.82, 2.24) is 0 Å². The van der Waals surface area contributed by atoms with Gasteiger partial charge in [0.15, 0.2) is 0 Å². The van der Waals surface area contributed by atoms with E-state index in [1.54, 1.807) is 6.92 Å². The van der Waals surface area contributed by atoms with Crippen molar-refractivity contribution in [2.75, 3.05) is 0 Å². The monoisotopic (exact) mass is 210 g/mol. The fraction of sp³-hybridized carbons (Fsp3) is 0.769. The second kappa shape index (κ2) is 5.94. The number of ether oxygens (including phenoxy) is 1. The van der Waals surface area contributed by atoms with E-state index < -0.39 is 0 Å². The summed E-state index contributed by atoms with van der Waals surface area (Å²) in [7, 11) is 0. The summed E-state index contributed by atoms with van der Waals surface area (Å²) in [5.74, 6) is 0.505. The van der Waals surface area contributed by atoms with Crippen LogP contribution < -0.4 is 0 Å². The van der Waals surface area contributed by atoms with E-state index in [1.807, 2.05) is 6.92 Å². The molecule has 0 bridgehead atoms. The Kier molecular flexibility index (Phi) is 4.86. The summed E-state index contributed by atoms with van der Waals surface area (Å²) in [4.78, 5) is 11.3. The van der Waals surface area contributed by atoms with E-state index in [0.717, 1.165) is 12.3 Å². The molecule has 1 rings (SSSR count). The van der Waals surface area contributed by atoms with Gasteiger partial charge in [-0.3, -0.25) is 0 Å².